The number of thioether (sulfide) groups is 1. The van der Waals surface area contributed by atoms with Crippen LogP contribution in [0.2, 0.25) is 0 Å². The molecule has 1 saturated heterocycles. The minimum atomic E-state index is -3.27. The lowest BCUT2D eigenvalue weighted by Crippen LogP contribution is -2.37. The molecule has 3 nitrogen and oxygen atoms in total. The molecule has 0 unspecified atom stereocenters. The van der Waals surface area contributed by atoms with Crippen LogP contribution in [0.1, 0.15) is 4.88 Å². The van der Waals surface area contributed by atoms with Gasteiger partial charge >= 0.3 is 0 Å². The molecule has 0 amide bonds. The van der Waals surface area contributed by atoms with Crippen molar-refractivity contribution in [2.24, 2.45) is 0 Å². The predicted molar refractivity (Wildman–Crippen MR) is 72.8 cm³/mol. The highest BCUT2D eigenvalue weighted by Crippen LogP contribution is 2.32. The van der Waals surface area contributed by atoms with Gasteiger partial charge in [-0.15, -0.1) is 11.3 Å². The zero-order valence-electron chi connectivity index (χ0n) is 8.77. The molecule has 0 spiro atoms. The van der Waals surface area contributed by atoms with Crippen LogP contribution in [0.3, 0.4) is 0 Å². The number of sulfonamides is 1. The van der Waals surface area contributed by atoms with Crippen molar-refractivity contribution in [2.75, 3.05) is 24.6 Å². The van der Waals surface area contributed by atoms with Crippen LogP contribution in [-0.4, -0.2) is 37.3 Å². The van der Waals surface area contributed by atoms with Gasteiger partial charge < -0.3 is 0 Å². The molecule has 1 fully saturated rings. The van der Waals surface area contributed by atoms with E-state index in [4.69, 9.17) is 0 Å². The molecule has 0 saturated carbocycles. The molecule has 7 heteroatoms. The van der Waals surface area contributed by atoms with E-state index < -0.39 is 10.0 Å². The molecule has 0 bridgehead atoms. The lowest BCUT2D eigenvalue weighted by molar-refractivity contribution is 0.443. The van der Waals surface area contributed by atoms with Gasteiger partial charge in [0.15, 0.2) is 0 Å². The summed E-state index contributed by atoms with van der Waals surface area (Å²) in [5.41, 5.74) is 0. The Kier molecular flexibility index (Phi) is 4.01. The Morgan fingerprint density at radius 1 is 1.38 bits per heavy atom. The lowest BCUT2D eigenvalue weighted by atomic mass is 10.5. The predicted octanol–water partition coefficient (Wildman–Crippen LogP) is 2.56. The Balaban J connectivity index is 2.34. The van der Waals surface area contributed by atoms with Crippen LogP contribution in [0.4, 0.5) is 0 Å². The summed E-state index contributed by atoms with van der Waals surface area (Å²) in [6.45, 7) is 3.10. The molecule has 16 heavy (non-hydrogen) atoms. The fourth-order valence-corrected chi connectivity index (χ4v) is 6.57. The Labute approximate surface area is 112 Å². The quantitative estimate of drug-likeness (QED) is 0.829. The standard InChI is InChI=1S/C9H12BrNO2S3/c1-7-8(6-9(10)15-7)16(12,13)11-2-4-14-5-3-11/h6H,2-5H2,1H3. The van der Waals surface area contributed by atoms with Gasteiger partial charge in [-0.05, 0) is 28.9 Å². The highest BCUT2D eigenvalue weighted by Gasteiger charge is 2.28. The number of rotatable bonds is 2. The second-order valence-electron chi connectivity index (χ2n) is 3.49. The summed E-state index contributed by atoms with van der Waals surface area (Å²) < 4.78 is 27.1. The molecule has 1 aliphatic rings. The van der Waals surface area contributed by atoms with Crippen LogP contribution in [0, 0.1) is 6.92 Å². The highest BCUT2D eigenvalue weighted by molar-refractivity contribution is 9.11. The van der Waals surface area contributed by atoms with Crippen molar-refractivity contribution >= 4 is 49.1 Å². The van der Waals surface area contributed by atoms with Crippen LogP contribution < -0.4 is 0 Å². The highest BCUT2D eigenvalue weighted by atomic mass is 79.9. The Morgan fingerprint density at radius 2 is 2.00 bits per heavy atom. The van der Waals surface area contributed by atoms with Crippen LogP contribution in [-0.2, 0) is 10.0 Å². The minimum absolute atomic E-state index is 0.455. The monoisotopic (exact) mass is 341 g/mol. The van der Waals surface area contributed by atoms with E-state index in [0.717, 1.165) is 20.2 Å². The SMILES string of the molecule is Cc1sc(Br)cc1S(=O)(=O)N1CCSCC1. The first-order chi connectivity index (χ1) is 7.51. The molecule has 90 valence electrons. The van der Waals surface area contributed by atoms with Gasteiger partial charge in [0.05, 0.1) is 8.68 Å². The van der Waals surface area contributed by atoms with Crippen molar-refractivity contribution in [3.8, 4) is 0 Å². The molecule has 1 aliphatic heterocycles. The summed E-state index contributed by atoms with van der Waals surface area (Å²) in [7, 11) is -3.27. The molecular formula is C9H12BrNO2S3. The molecule has 0 N–H and O–H groups in total. The van der Waals surface area contributed by atoms with Crippen molar-refractivity contribution in [1.29, 1.82) is 0 Å². The van der Waals surface area contributed by atoms with Crippen LogP contribution in [0.25, 0.3) is 0 Å². The van der Waals surface area contributed by atoms with Gasteiger partial charge in [0.1, 0.15) is 0 Å². The second kappa shape index (κ2) is 4.97. The summed E-state index contributed by atoms with van der Waals surface area (Å²) in [4.78, 5) is 1.31. The molecule has 2 rings (SSSR count). The topological polar surface area (TPSA) is 37.4 Å². The Morgan fingerprint density at radius 3 is 2.50 bits per heavy atom. The summed E-state index contributed by atoms with van der Waals surface area (Å²) >= 11 is 6.60. The number of hydrogen-bond donors (Lipinski definition) is 0. The maximum atomic E-state index is 12.3. The summed E-state index contributed by atoms with van der Waals surface area (Å²) in [5, 5.41) is 0. The first-order valence-electron chi connectivity index (χ1n) is 4.85. The van der Waals surface area contributed by atoms with E-state index in [1.165, 1.54) is 11.3 Å². The van der Waals surface area contributed by atoms with E-state index in [1.807, 2.05) is 6.92 Å². The van der Waals surface area contributed by atoms with Crippen LogP contribution in [0.15, 0.2) is 14.7 Å². The number of thiophene rings is 1. The smallest absolute Gasteiger partial charge is 0.207 e. The normalized spacial score (nSPS) is 18.9. The van der Waals surface area contributed by atoms with Crippen LogP contribution in [0.5, 0.6) is 0 Å². The first kappa shape index (κ1) is 12.9. The van der Waals surface area contributed by atoms with E-state index in [0.29, 0.717) is 18.0 Å². The summed E-state index contributed by atoms with van der Waals surface area (Å²) in [5.74, 6) is 1.78. The van der Waals surface area contributed by atoms with Gasteiger partial charge in [-0.3, -0.25) is 0 Å². The third-order valence-corrected chi connectivity index (χ3v) is 7.08. The maximum absolute atomic E-state index is 12.3. The van der Waals surface area contributed by atoms with Crippen molar-refractivity contribution in [3.05, 3.63) is 14.7 Å². The number of halogens is 1. The van der Waals surface area contributed by atoms with Gasteiger partial charge in [0, 0.05) is 29.5 Å². The lowest BCUT2D eigenvalue weighted by Gasteiger charge is -2.25. The molecule has 0 radical (unpaired) electrons. The fourth-order valence-electron chi connectivity index (χ4n) is 1.61. The minimum Gasteiger partial charge on any atom is -0.207 e. The first-order valence-corrected chi connectivity index (χ1v) is 9.06. The molecular weight excluding hydrogens is 330 g/mol. The average molecular weight is 342 g/mol. The zero-order chi connectivity index (χ0) is 11.8. The second-order valence-corrected chi connectivity index (χ2v) is 9.25. The number of hydrogen-bond acceptors (Lipinski definition) is 4. The average Bonchev–Trinajstić information content (AvgIpc) is 2.60. The van der Waals surface area contributed by atoms with Crippen molar-refractivity contribution in [3.63, 3.8) is 0 Å². The zero-order valence-corrected chi connectivity index (χ0v) is 12.8. The van der Waals surface area contributed by atoms with Gasteiger partial charge in [0.2, 0.25) is 10.0 Å². The molecule has 1 aromatic rings. The van der Waals surface area contributed by atoms with E-state index >= 15 is 0 Å². The van der Waals surface area contributed by atoms with Gasteiger partial charge in [-0.25, -0.2) is 8.42 Å². The van der Waals surface area contributed by atoms with E-state index in [2.05, 4.69) is 15.9 Å². The number of nitrogens with zero attached hydrogens (tertiary/aromatic N) is 1. The van der Waals surface area contributed by atoms with Crippen molar-refractivity contribution in [1.82, 2.24) is 4.31 Å². The Hall–Kier alpha value is 0.440. The molecule has 2 heterocycles. The van der Waals surface area contributed by atoms with Gasteiger partial charge in [0.25, 0.3) is 0 Å². The van der Waals surface area contributed by atoms with E-state index in [1.54, 1.807) is 22.1 Å². The molecule has 0 aromatic carbocycles. The third-order valence-electron chi connectivity index (χ3n) is 2.43. The number of aryl methyl sites for hydroxylation is 1. The molecule has 1 aromatic heterocycles. The fraction of sp³-hybridized carbons (Fsp3) is 0.556. The molecule has 0 aliphatic carbocycles. The van der Waals surface area contributed by atoms with Crippen LogP contribution >= 0.6 is 39.0 Å². The van der Waals surface area contributed by atoms with Crippen molar-refractivity contribution < 1.29 is 8.42 Å². The molecule has 0 atom stereocenters. The Bertz CT molecular complexity index is 477. The van der Waals surface area contributed by atoms with E-state index in [-0.39, 0.29) is 0 Å². The largest absolute Gasteiger partial charge is 0.244 e. The van der Waals surface area contributed by atoms with Gasteiger partial charge in [-0.1, -0.05) is 0 Å². The van der Waals surface area contributed by atoms with Gasteiger partial charge in [-0.2, -0.15) is 16.1 Å². The van der Waals surface area contributed by atoms with Crippen molar-refractivity contribution in [2.45, 2.75) is 11.8 Å². The third kappa shape index (κ3) is 2.48. The van der Waals surface area contributed by atoms with E-state index in [9.17, 15) is 8.42 Å². The summed E-state index contributed by atoms with van der Waals surface area (Å²) in [6, 6.07) is 1.71. The summed E-state index contributed by atoms with van der Waals surface area (Å²) in [6.07, 6.45) is 0. The maximum Gasteiger partial charge on any atom is 0.244 e.